The van der Waals surface area contributed by atoms with Crippen LogP contribution in [-0.4, -0.2) is 61.9 Å². The number of ether oxygens (including phenoxy) is 1. The molecule has 7 nitrogen and oxygen atoms in total. The van der Waals surface area contributed by atoms with Crippen LogP contribution in [0.3, 0.4) is 0 Å². The van der Waals surface area contributed by atoms with Crippen molar-refractivity contribution < 1.29 is 22.3 Å². The molecule has 0 saturated carbocycles. The maximum absolute atomic E-state index is 13.7. The second-order valence-electron chi connectivity index (χ2n) is 9.05. The molecule has 0 fully saturated rings. The molecule has 0 radical (unpaired) electrons. The maximum atomic E-state index is 13.7. The van der Waals surface area contributed by atoms with Crippen LogP contribution in [0.4, 0.5) is 4.39 Å². The molecule has 0 saturated heterocycles. The van der Waals surface area contributed by atoms with Crippen LogP contribution in [0, 0.1) is 5.82 Å². The number of hydrogen-bond acceptors (Lipinski definition) is 4. The largest absolute Gasteiger partial charge is 0.385 e. The van der Waals surface area contributed by atoms with Crippen molar-refractivity contribution >= 4 is 26.8 Å². The summed E-state index contributed by atoms with van der Waals surface area (Å²) < 4.78 is 46.6. The molecule has 1 aromatic heterocycles. The van der Waals surface area contributed by atoms with Crippen molar-refractivity contribution in [3.8, 4) is 0 Å². The minimum atomic E-state index is -4.03. The zero-order valence-electron chi connectivity index (χ0n) is 21.3. The molecule has 0 aliphatic heterocycles. The number of aromatic amines is 1. The first kappa shape index (κ1) is 27.5. The summed E-state index contributed by atoms with van der Waals surface area (Å²) in [5.74, 6) is -0.839. The SMILES string of the molecule is COCCCN(CC(=O)N(CCc1c[nH]c2ccccc12)Cc1ccccc1)S(=O)(=O)c1ccc(F)cc1. The molecule has 0 aliphatic rings. The van der Waals surface area contributed by atoms with Gasteiger partial charge in [-0.3, -0.25) is 4.79 Å². The molecule has 3 aromatic carbocycles. The molecular weight excluding hydrogens is 505 g/mol. The van der Waals surface area contributed by atoms with E-state index in [4.69, 9.17) is 4.74 Å². The number of halogens is 1. The van der Waals surface area contributed by atoms with Crippen molar-refractivity contribution in [1.82, 2.24) is 14.2 Å². The number of nitrogens with zero attached hydrogens (tertiary/aromatic N) is 2. The summed E-state index contributed by atoms with van der Waals surface area (Å²) in [6.07, 6.45) is 2.97. The number of rotatable bonds is 13. The van der Waals surface area contributed by atoms with E-state index in [1.165, 1.54) is 19.2 Å². The summed E-state index contributed by atoms with van der Waals surface area (Å²) in [5, 5.41) is 1.10. The molecule has 4 aromatic rings. The molecule has 200 valence electrons. The third kappa shape index (κ3) is 6.86. The van der Waals surface area contributed by atoms with Crippen LogP contribution in [0.25, 0.3) is 10.9 Å². The van der Waals surface area contributed by atoms with E-state index in [9.17, 15) is 17.6 Å². The second-order valence-corrected chi connectivity index (χ2v) is 11.0. The van der Waals surface area contributed by atoms with E-state index in [1.54, 1.807) is 4.90 Å². The Labute approximate surface area is 222 Å². The summed E-state index contributed by atoms with van der Waals surface area (Å²) in [5.41, 5.74) is 3.06. The van der Waals surface area contributed by atoms with Gasteiger partial charge in [0.1, 0.15) is 5.82 Å². The second kappa shape index (κ2) is 12.8. The quantitative estimate of drug-likeness (QED) is 0.253. The van der Waals surface area contributed by atoms with Crippen molar-refractivity contribution in [1.29, 1.82) is 0 Å². The van der Waals surface area contributed by atoms with Gasteiger partial charge in [-0.05, 0) is 54.3 Å². The lowest BCUT2D eigenvalue weighted by Crippen LogP contribution is -2.43. The molecule has 38 heavy (non-hydrogen) atoms. The molecule has 0 spiro atoms. The van der Waals surface area contributed by atoms with Gasteiger partial charge in [0.25, 0.3) is 0 Å². The van der Waals surface area contributed by atoms with Gasteiger partial charge in [-0.25, -0.2) is 12.8 Å². The van der Waals surface area contributed by atoms with E-state index in [1.807, 2.05) is 60.8 Å². The lowest BCUT2D eigenvalue weighted by Gasteiger charge is -2.27. The zero-order valence-corrected chi connectivity index (χ0v) is 22.2. The van der Waals surface area contributed by atoms with Crippen molar-refractivity contribution in [3.05, 3.63) is 102 Å². The van der Waals surface area contributed by atoms with Gasteiger partial charge in [0.15, 0.2) is 0 Å². The van der Waals surface area contributed by atoms with Crippen LogP contribution >= 0.6 is 0 Å². The van der Waals surface area contributed by atoms with Crippen LogP contribution in [0.1, 0.15) is 17.5 Å². The standard InChI is InChI=1S/C29H32FN3O4S/c1-37-19-7-17-33(38(35,36)26-14-12-25(30)13-15-26)22-29(34)32(21-23-8-3-2-4-9-23)18-16-24-20-31-28-11-6-5-10-27(24)28/h2-6,8-15,20,31H,7,16-19,21-22H2,1H3. The molecule has 1 N–H and O–H groups in total. The highest BCUT2D eigenvalue weighted by atomic mass is 32.2. The molecule has 1 heterocycles. The first-order chi connectivity index (χ1) is 18.4. The Kier molecular flexibility index (Phi) is 9.28. The van der Waals surface area contributed by atoms with Crippen molar-refractivity contribution in [2.45, 2.75) is 24.3 Å². The first-order valence-electron chi connectivity index (χ1n) is 12.5. The van der Waals surface area contributed by atoms with Gasteiger partial charge in [-0.15, -0.1) is 0 Å². The number of para-hydroxylation sites is 1. The topological polar surface area (TPSA) is 82.7 Å². The van der Waals surface area contributed by atoms with Gasteiger partial charge in [-0.1, -0.05) is 48.5 Å². The summed E-state index contributed by atoms with van der Waals surface area (Å²) in [4.78, 5) is 18.6. The summed E-state index contributed by atoms with van der Waals surface area (Å²) >= 11 is 0. The number of sulfonamides is 1. The van der Waals surface area contributed by atoms with Gasteiger partial charge in [-0.2, -0.15) is 4.31 Å². The van der Waals surface area contributed by atoms with Gasteiger partial charge in [0, 0.05) is 50.5 Å². The Bertz CT molecular complexity index is 1440. The molecule has 0 bridgehead atoms. The molecule has 9 heteroatoms. The number of amides is 1. The number of nitrogens with one attached hydrogen (secondary N) is 1. The number of hydrogen-bond donors (Lipinski definition) is 1. The predicted molar refractivity (Wildman–Crippen MR) is 146 cm³/mol. The third-order valence-electron chi connectivity index (χ3n) is 6.41. The molecule has 0 atom stereocenters. The average molecular weight is 538 g/mol. The Morgan fingerprint density at radius 1 is 0.947 bits per heavy atom. The van der Waals surface area contributed by atoms with E-state index >= 15 is 0 Å². The minimum absolute atomic E-state index is 0.0579. The lowest BCUT2D eigenvalue weighted by atomic mass is 10.1. The number of H-pyrrole nitrogens is 1. The number of aromatic nitrogens is 1. The van der Waals surface area contributed by atoms with E-state index in [0.717, 1.165) is 38.5 Å². The summed E-state index contributed by atoms with van der Waals surface area (Å²) in [6.45, 7) is 0.881. The van der Waals surface area contributed by atoms with Gasteiger partial charge < -0.3 is 14.6 Å². The highest BCUT2D eigenvalue weighted by Gasteiger charge is 2.28. The van der Waals surface area contributed by atoms with Gasteiger partial charge >= 0.3 is 0 Å². The fourth-order valence-corrected chi connectivity index (χ4v) is 5.79. The zero-order chi connectivity index (χ0) is 27.0. The fourth-order valence-electron chi connectivity index (χ4n) is 4.37. The predicted octanol–water partition coefficient (Wildman–Crippen LogP) is 4.61. The summed E-state index contributed by atoms with van der Waals surface area (Å²) in [6, 6.07) is 22.2. The van der Waals surface area contributed by atoms with Gasteiger partial charge in [0.2, 0.25) is 15.9 Å². The molecule has 4 rings (SSSR count). The Hall–Kier alpha value is -3.53. The van der Waals surface area contributed by atoms with E-state index in [2.05, 4.69) is 4.98 Å². The Morgan fingerprint density at radius 2 is 1.66 bits per heavy atom. The average Bonchev–Trinajstić information content (AvgIpc) is 3.34. The van der Waals surface area contributed by atoms with E-state index in [0.29, 0.717) is 32.5 Å². The number of benzene rings is 3. The van der Waals surface area contributed by atoms with Crippen molar-refractivity contribution in [3.63, 3.8) is 0 Å². The molecule has 1 amide bonds. The third-order valence-corrected chi connectivity index (χ3v) is 8.27. The lowest BCUT2D eigenvalue weighted by molar-refractivity contribution is -0.132. The Morgan fingerprint density at radius 3 is 2.39 bits per heavy atom. The molecule has 0 aliphatic carbocycles. The van der Waals surface area contributed by atoms with Crippen LogP contribution < -0.4 is 0 Å². The van der Waals surface area contributed by atoms with Crippen LogP contribution in [0.5, 0.6) is 0 Å². The highest BCUT2D eigenvalue weighted by molar-refractivity contribution is 7.89. The van der Waals surface area contributed by atoms with E-state index in [-0.39, 0.29) is 23.9 Å². The normalized spacial score (nSPS) is 11.8. The molecular formula is C29H32FN3O4S. The number of methoxy groups -OCH3 is 1. The van der Waals surface area contributed by atoms with E-state index < -0.39 is 15.8 Å². The minimum Gasteiger partial charge on any atom is -0.385 e. The van der Waals surface area contributed by atoms with Crippen LogP contribution in [-0.2, 0) is 32.5 Å². The maximum Gasteiger partial charge on any atom is 0.243 e. The monoisotopic (exact) mass is 537 g/mol. The smallest absolute Gasteiger partial charge is 0.243 e. The first-order valence-corrected chi connectivity index (χ1v) is 13.9. The van der Waals surface area contributed by atoms with Gasteiger partial charge in [0.05, 0.1) is 11.4 Å². The number of fused-ring (bicyclic) bond motifs is 1. The van der Waals surface area contributed by atoms with Crippen molar-refractivity contribution in [2.24, 2.45) is 0 Å². The van der Waals surface area contributed by atoms with Crippen LogP contribution in [0.15, 0.2) is 90.0 Å². The van der Waals surface area contributed by atoms with Crippen LogP contribution in [0.2, 0.25) is 0 Å². The molecule has 0 unspecified atom stereocenters. The Balaban J connectivity index is 1.57. The number of carbonyl (C=O) groups excluding carboxylic acids is 1. The highest BCUT2D eigenvalue weighted by Crippen LogP contribution is 2.20. The van der Waals surface area contributed by atoms with Crippen molar-refractivity contribution in [2.75, 3.05) is 33.4 Å². The summed E-state index contributed by atoms with van der Waals surface area (Å²) in [7, 11) is -2.49. The number of carbonyl (C=O) groups is 1. The fraction of sp³-hybridized carbons (Fsp3) is 0.276.